The summed E-state index contributed by atoms with van der Waals surface area (Å²) in [6, 6.07) is 0. The zero-order chi connectivity index (χ0) is 22.3. The van der Waals surface area contributed by atoms with Crippen molar-refractivity contribution in [2.45, 2.75) is 71.8 Å². The molecule has 0 aliphatic carbocycles. The van der Waals surface area contributed by atoms with Gasteiger partial charge in [-0.2, -0.15) is 0 Å². The Kier molecular flexibility index (Phi) is 7.95. The molecule has 2 aromatic heterocycles. The van der Waals surface area contributed by atoms with Crippen molar-refractivity contribution in [3.05, 3.63) is 12.2 Å². The maximum Gasteiger partial charge on any atom is 0.224 e. The summed E-state index contributed by atoms with van der Waals surface area (Å²) in [5.74, 6) is 2.20. The molecule has 8 heteroatoms. The summed E-state index contributed by atoms with van der Waals surface area (Å²) in [6.45, 7) is 10.9. The van der Waals surface area contributed by atoms with Crippen molar-refractivity contribution >= 4 is 22.9 Å². The lowest BCUT2D eigenvalue weighted by Crippen LogP contribution is -2.45. The fourth-order valence-electron chi connectivity index (χ4n) is 5.19. The number of carbonyl (C=O) groups is 1. The third-order valence-electron chi connectivity index (χ3n) is 6.77. The Morgan fingerprint density at radius 2 is 1.94 bits per heavy atom. The van der Waals surface area contributed by atoms with E-state index in [1.807, 2.05) is 0 Å². The van der Waals surface area contributed by atoms with Gasteiger partial charge in [0, 0.05) is 39.1 Å². The summed E-state index contributed by atoms with van der Waals surface area (Å²) < 4.78 is 2.28. The Morgan fingerprint density at radius 1 is 1.09 bits per heavy atom. The van der Waals surface area contributed by atoms with E-state index in [0.29, 0.717) is 6.54 Å². The second-order valence-corrected chi connectivity index (χ2v) is 9.28. The number of aryl methyl sites for hydroxylation is 2. The van der Waals surface area contributed by atoms with E-state index in [1.165, 1.54) is 19.3 Å². The first kappa shape index (κ1) is 23.0. The van der Waals surface area contributed by atoms with Gasteiger partial charge in [0.15, 0.2) is 17.0 Å². The molecule has 1 fully saturated rings. The minimum absolute atomic E-state index is 0.00000493. The van der Waals surface area contributed by atoms with Gasteiger partial charge in [0.05, 0.1) is 5.92 Å². The Bertz CT molecular complexity index is 890. The first-order chi connectivity index (χ1) is 15.7. The molecule has 4 heterocycles. The zero-order valence-corrected chi connectivity index (χ0v) is 19.9. The summed E-state index contributed by atoms with van der Waals surface area (Å²) in [4.78, 5) is 31.8. The number of aromatic nitrogens is 4. The Balaban J connectivity index is 1.41. The van der Waals surface area contributed by atoms with Crippen molar-refractivity contribution in [2.24, 2.45) is 5.92 Å². The normalized spacial score (nSPS) is 19.2. The standard InChI is InChI=1S/C24H39N7O/c1-3-12-29(13-4-2)16-11-25-24(32)19-9-8-14-30(17-19)22-21-23(27-18-26-22)31-15-7-5-6-10-20(31)28-21/h18-19H,3-17H2,1-2H3,(H,25,32)/t19-/m0/s1. The number of fused-ring (bicyclic) bond motifs is 3. The lowest BCUT2D eigenvalue weighted by atomic mass is 9.97. The maximum absolute atomic E-state index is 12.9. The molecule has 176 valence electrons. The van der Waals surface area contributed by atoms with E-state index in [0.717, 1.165) is 94.2 Å². The number of rotatable bonds is 9. The molecule has 1 atom stereocenters. The maximum atomic E-state index is 12.9. The van der Waals surface area contributed by atoms with Crippen LogP contribution < -0.4 is 10.2 Å². The van der Waals surface area contributed by atoms with Gasteiger partial charge in [0.2, 0.25) is 5.91 Å². The average molecular weight is 442 g/mol. The first-order valence-corrected chi connectivity index (χ1v) is 12.7. The predicted octanol–water partition coefficient (Wildman–Crippen LogP) is 3.01. The van der Waals surface area contributed by atoms with Crippen molar-refractivity contribution in [1.82, 2.24) is 29.7 Å². The predicted molar refractivity (Wildman–Crippen MR) is 128 cm³/mol. The third kappa shape index (κ3) is 5.22. The quantitative estimate of drug-likeness (QED) is 0.644. The van der Waals surface area contributed by atoms with E-state index in [4.69, 9.17) is 4.98 Å². The highest BCUT2D eigenvalue weighted by Gasteiger charge is 2.29. The van der Waals surface area contributed by atoms with Crippen molar-refractivity contribution in [3.63, 3.8) is 0 Å². The fourth-order valence-corrected chi connectivity index (χ4v) is 5.19. The van der Waals surface area contributed by atoms with Gasteiger partial charge in [-0.25, -0.2) is 15.0 Å². The SMILES string of the molecule is CCCN(CCC)CCNC(=O)[C@H]1CCCN(c2ncnc3c2nc2n3CCCCC2)C1. The van der Waals surface area contributed by atoms with Gasteiger partial charge < -0.3 is 19.7 Å². The molecule has 1 amide bonds. The smallest absolute Gasteiger partial charge is 0.224 e. The van der Waals surface area contributed by atoms with Crippen molar-refractivity contribution in [1.29, 1.82) is 0 Å². The minimum Gasteiger partial charge on any atom is -0.355 e. The number of nitrogens with one attached hydrogen (secondary N) is 1. The molecular formula is C24H39N7O. The van der Waals surface area contributed by atoms with Crippen LogP contribution in [0, 0.1) is 5.92 Å². The highest BCUT2D eigenvalue weighted by atomic mass is 16.1. The van der Waals surface area contributed by atoms with E-state index >= 15 is 0 Å². The van der Waals surface area contributed by atoms with E-state index in [2.05, 4.69) is 43.5 Å². The molecule has 0 aromatic carbocycles. The van der Waals surface area contributed by atoms with Crippen LogP contribution in [0.2, 0.25) is 0 Å². The number of hydrogen-bond acceptors (Lipinski definition) is 6. The molecule has 2 aliphatic rings. The molecule has 0 radical (unpaired) electrons. The summed E-state index contributed by atoms with van der Waals surface area (Å²) in [5, 5.41) is 3.20. The molecule has 2 aliphatic heterocycles. The fraction of sp³-hybridized carbons (Fsp3) is 0.750. The van der Waals surface area contributed by atoms with Gasteiger partial charge in [-0.1, -0.05) is 20.3 Å². The van der Waals surface area contributed by atoms with Crippen LogP contribution in [0.25, 0.3) is 11.2 Å². The van der Waals surface area contributed by atoms with Gasteiger partial charge in [-0.3, -0.25) is 4.79 Å². The lowest BCUT2D eigenvalue weighted by molar-refractivity contribution is -0.125. The summed E-state index contributed by atoms with van der Waals surface area (Å²) in [7, 11) is 0. The third-order valence-corrected chi connectivity index (χ3v) is 6.77. The number of piperidine rings is 1. The van der Waals surface area contributed by atoms with E-state index in [-0.39, 0.29) is 11.8 Å². The molecule has 1 N–H and O–H groups in total. The van der Waals surface area contributed by atoms with Gasteiger partial charge in [0.1, 0.15) is 12.2 Å². The lowest BCUT2D eigenvalue weighted by Gasteiger charge is -2.33. The highest BCUT2D eigenvalue weighted by Crippen LogP contribution is 2.29. The average Bonchev–Trinajstić information content (AvgIpc) is 3.00. The van der Waals surface area contributed by atoms with Crippen LogP contribution >= 0.6 is 0 Å². The molecule has 32 heavy (non-hydrogen) atoms. The molecule has 0 unspecified atom stereocenters. The number of nitrogens with zero attached hydrogens (tertiary/aromatic N) is 6. The van der Waals surface area contributed by atoms with Crippen molar-refractivity contribution in [3.8, 4) is 0 Å². The van der Waals surface area contributed by atoms with Crippen LogP contribution in [0.4, 0.5) is 5.82 Å². The Labute approximate surface area is 191 Å². The van der Waals surface area contributed by atoms with E-state index in [1.54, 1.807) is 6.33 Å². The topological polar surface area (TPSA) is 79.2 Å². The summed E-state index contributed by atoms with van der Waals surface area (Å²) in [6.07, 6.45) is 10.5. The number of anilines is 1. The molecule has 1 saturated heterocycles. The van der Waals surface area contributed by atoms with Gasteiger partial charge in [-0.05, 0) is 51.6 Å². The summed E-state index contributed by atoms with van der Waals surface area (Å²) >= 11 is 0. The Hall–Kier alpha value is -2.22. The van der Waals surface area contributed by atoms with E-state index in [9.17, 15) is 4.79 Å². The second-order valence-electron chi connectivity index (χ2n) is 9.28. The number of hydrogen-bond donors (Lipinski definition) is 1. The number of imidazole rings is 1. The Morgan fingerprint density at radius 3 is 2.75 bits per heavy atom. The van der Waals surface area contributed by atoms with Gasteiger partial charge >= 0.3 is 0 Å². The van der Waals surface area contributed by atoms with Crippen LogP contribution in [0.3, 0.4) is 0 Å². The first-order valence-electron chi connectivity index (χ1n) is 12.7. The largest absolute Gasteiger partial charge is 0.355 e. The minimum atomic E-state index is 0.00000493. The highest BCUT2D eigenvalue weighted by molar-refractivity contribution is 5.85. The molecule has 0 bridgehead atoms. The van der Waals surface area contributed by atoms with Crippen molar-refractivity contribution < 1.29 is 4.79 Å². The van der Waals surface area contributed by atoms with Crippen LogP contribution in [0.15, 0.2) is 6.33 Å². The molecule has 4 rings (SSSR count). The molecule has 8 nitrogen and oxygen atoms in total. The van der Waals surface area contributed by atoms with E-state index < -0.39 is 0 Å². The van der Waals surface area contributed by atoms with Gasteiger partial charge in [-0.15, -0.1) is 0 Å². The monoisotopic (exact) mass is 441 g/mol. The van der Waals surface area contributed by atoms with Crippen LogP contribution in [0.1, 0.15) is 64.6 Å². The molecule has 2 aromatic rings. The van der Waals surface area contributed by atoms with Crippen LogP contribution in [-0.4, -0.2) is 69.6 Å². The molecule has 0 saturated carbocycles. The number of amides is 1. The van der Waals surface area contributed by atoms with Crippen LogP contribution in [-0.2, 0) is 17.8 Å². The molecular weight excluding hydrogens is 402 g/mol. The molecule has 0 spiro atoms. The second kappa shape index (κ2) is 11.1. The van der Waals surface area contributed by atoms with Crippen LogP contribution in [0.5, 0.6) is 0 Å². The van der Waals surface area contributed by atoms with Crippen molar-refractivity contribution in [2.75, 3.05) is 44.2 Å². The number of carbonyl (C=O) groups excluding carboxylic acids is 1. The summed E-state index contributed by atoms with van der Waals surface area (Å²) in [5.41, 5.74) is 1.85. The van der Waals surface area contributed by atoms with Gasteiger partial charge in [0.25, 0.3) is 0 Å². The zero-order valence-electron chi connectivity index (χ0n) is 19.9.